The highest BCUT2D eigenvalue weighted by molar-refractivity contribution is 5.82. The molecule has 1 rings (SSSR count). The van der Waals surface area contributed by atoms with Crippen molar-refractivity contribution < 1.29 is 42.9 Å². The lowest BCUT2D eigenvalue weighted by molar-refractivity contribution is -0.670. The summed E-state index contributed by atoms with van der Waals surface area (Å²) in [4.78, 5) is 25.1. The molecule has 7 heteroatoms. The van der Waals surface area contributed by atoms with Crippen LogP contribution in [0.1, 0.15) is 20.3 Å². The number of hydrogen-bond acceptors (Lipinski definition) is 3. The molecule has 19 heavy (non-hydrogen) atoms. The Bertz CT molecular complexity index is 420. The van der Waals surface area contributed by atoms with Crippen molar-refractivity contribution in [2.45, 2.75) is 20.3 Å². The fourth-order valence-corrected chi connectivity index (χ4v) is 1.60. The molecule has 0 radical (unpaired) electrons. The molecule has 1 aromatic heterocycles. The molecule has 0 fully saturated rings. The van der Waals surface area contributed by atoms with Crippen molar-refractivity contribution in [3.8, 4) is 0 Å². The van der Waals surface area contributed by atoms with Gasteiger partial charge in [0.25, 0.3) is 6.33 Å². The summed E-state index contributed by atoms with van der Waals surface area (Å²) in [5.41, 5.74) is 0. The maximum atomic E-state index is 12.2. The van der Waals surface area contributed by atoms with Crippen molar-refractivity contribution in [3.63, 3.8) is 0 Å². The van der Waals surface area contributed by atoms with Gasteiger partial charge < -0.3 is 28.7 Å². The van der Waals surface area contributed by atoms with Crippen LogP contribution in [0, 0.1) is 0 Å². The molecule has 0 aliphatic heterocycles. The van der Waals surface area contributed by atoms with E-state index >= 15 is 0 Å². The average molecular weight is 381 g/mol. The maximum absolute atomic E-state index is 12.2. The molecule has 0 bridgehead atoms. The predicted octanol–water partition coefficient (Wildman–Crippen LogP) is -2.44. The van der Waals surface area contributed by atoms with Crippen LogP contribution in [0.5, 0.6) is 0 Å². The van der Waals surface area contributed by atoms with Gasteiger partial charge in [0.1, 0.15) is 18.9 Å². The zero-order valence-electron chi connectivity index (χ0n) is 11.5. The lowest BCUT2D eigenvalue weighted by Crippen LogP contribution is -3.00. The van der Waals surface area contributed by atoms with Crippen LogP contribution in [-0.4, -0.2) is 41.2 Å². The van der Waals surface area contributed by atoms with Crippen LogP contribution in [0.2, 0.25) is 0 Å². The summed E-state index contributed by atoms with van der Waals surface area (Å²) >= 11 is 0. The summed E-state index contributed by atoms with van der Waals surface area (Å²) in [5.74, 6) is -0.379. The molecule has 6 nitrogen and oxygen atoms in total. The minimum absolute atomic E-state index is 0. The summed E-state index contributed by atoms with van der Waals surface area (Å²) < 4.78 is 8.09. The van der Waals surface area contributed by atoms with Gasteiger partial charge in [0, 0.05) is 6.54 Å². The van der Waals surface area contributed by atoms with Gasteiger partial charge in [-0.25, -0.2) is 9.36 Å². The first-order chi connectivity index (χ1) is 8.58. The predicted molar refractivity (Wildman–Crippen MR) is 64.9 cm³/mol. The quantitative estimate of drug-likeness (QED) is 0.324. The highest BCUT2D eigenvalue weighted by Crippen LogP contribution is 1.99. The van der Waals surface area contributed by atoms with Crippen LogP contribution >= 0.6 is 0 Å². The number of halogens is 1. The topological polar surface area (TPSA) is 55.4 Å². The number of carbonyl (C=O) groups excluding carboxylic acids is 2. The van der Waals surface area contributed by atoms with E-state index in [0.717, 1.165) is 6.42 Å². The Balaban J connectivity index is 0.00000324. The highest BCUT2D eigenvalue weighted by atomic mass is 127. The lowest BCUT2D eigenvalue weighted by Gasteiger charge is -2.17. The number of rotatable bonds is 5. The molecular weight excluding hydrogens is 361 g/mol. The third-order valence-corrected chi connectivity index (χ3v) is 2.38. The van der Waals surface area contributed by atoms with Crippen molar-refractivity contribution in [2.75, 3.05) is 19.7 Å². The standard InChI is InChI=1S/C12H20N3O3.HI/c1-4-6-14(9-11(16)18-5-2)12(17)15-8-7-13(3)10-15;/h7-8,10H,4-6,9H2,1-3H3;1H/q+1;/p-1. The molecule has 0 saturated carbocycles. The second-order valence-corrected chi connectivity index (χ2v) is 4.00. The second kappa shape index (κ2) is 8.89. The number of imidazole rings is 1. The molecule has 1 amide bonds. The van der Waals surface area contributed by atoms with Gasteiger partial charge >= 0.3 is 12.0 Å². The number of amides is 1. The number of hydrogen-bond donors (Lipinski definition) is 0. The van der Waals surface area contributed by atoms with Crippen LogP contribution in [0.25, 0.3) is 0 Å². The van der Waals surface area contributed by atoms with Crippen molar-refractivity contribution in [1.29, 1.82) is 0 Å². The summed E-state index contributed by atoms with van der Waals surface area (Å²) in [6, 6.07) is -0.217. The molecule has 0 spiro atoms. The van der Waals surface area contributed by atoms with Crippen molar-refractivity contribution in [3.05, 3.63) is 18.7 Å². The van der Waals surface area contributed by atoms with Gasteiger partial charge in [-0.05, 0) is 13.3 Å². The maximum Gasteiger partial charge on any atom is 0.416 e. The van der Waals surface area contributed by atoms with Gasteiger partial charge in [0.2, 0.25) is 0 Å². The van der Waals surface area contributed by atoms with E-state index in [1.54, 1.807) is 30.2 Å². The Morgan fingerprint density at radius 1 is 1.37 bits per heavy atom. The van der Waals surface area contributed by atoms with Crippen LogP contribution in [-0.2, 0) is 16.6 Å². The Labute approximate surface area is 130 Å². The van der Waals surface area contributed by atoms with E-state index in [9.17, 15) is 9.59 Å². The molecule has 1 aromatic rings. The van der Waals surface area contributed by atoms with Crippen molar-refractivity contribution in [2.24, 2.45) is 7.05 Å². The number of esters is 1. The average Bonchev–Trinajstić information content (AvgIpc) is 2.75. The summed E-state index contributed by atoms with van der Waals surface area (Å²) in [5, 5.41) is 0. The molecule has 0 atom stereocenters. The van der Waals surface area contributed by atoms with Gasteiger partial charge in [-0.1, -0.05) is 6.92 Å². The van der Waals surface area contributed by atoms with E-state index in [4.69, 9.17) is 4.74 Å². The smallest absolute Gasteiger partial charge is 0.416 e. The lowest BCUT2D eigenvalue weighted by atomic mass is 10.4. The number of aryl methyl sites for hydroxylation is 1. The number of ether oxygens (including phenoxy) is 1. The van der Waals surface area contributed by atoms with Gasteiger partial charge in [-0.3, -0.25) is 9.69 Å². The van der Waals surface area contributed by atoms with Gasteiger partial charge in [0.05, 0.1) is 13.7 Å². The fraction of sp³-hybridized carbons (Fsp3) is 0.583. The molecule has 108 valence electrons. The largest absolute Gasteiger partial charge is 1.00 e. The number of carbonyl (C=O) groups is 2. The van der Waals surface area contributed by atoms with Crippen LogP contribution in [0.4, 0.5) is 4.79 Å². The van der Waals surface area contributed by atoms with Crippen LogP contribution in [0.3, 0.4) is 0 Å². The molecular formula is C12H20IN3O3. The zero-order valence-corrected chi connectivity index (χ0v) is 13.7. The minimum Gasteiger partial charge on any atom is -1.00 e. The minimum atomic E-state index is -0.379. The number of aromatic nitrogens is 2. The van der Waals surface area contributed by atoms with E-state index in [1.165, 1.54) is 9.47 Å². The van der Waals surface area contributed by atoms with Crippen LogP contribution < -0.4 is 28.5 Å². The van der Waals surface area contributed by atoms with E-state index in [1.807, 2.05) is 14.0 Å². The normalized spacial score (nSPS) is 9.63. The molecule has 0 aliphatic rings. The first-order valence-electron chi connectivity index (χ1n) is 6.06. The summed E-state index contributed by atoms with van der Waals surface area (Å²) in [6.07, 6.45) is 5.89. The Morgan fingerprint density at radius 3 is 2.53 bits per heavy atom. The molecule has 1 heterocycles. The van der Waals surface area contributed by atoms with E-state index in [0.29, 0.717) is 13.2 Å². The van der Waals surface area contributed by atoms with Gasteiger partial charge in [0.15, 0.2) is 0 Å². The molecule has 0 unspecified atom stereocenters. The Morgan fingerprint density at radius 2 is 2.05 bits per heavy atom. The van der Waals surface area contributed by atoms with Crippen molar-refractivity contribution in [1.82, 2.24) is 9.47 Å². The molecule has 0 N–H and O–H groups in total. The second-order valence-electron chi connectivity index (χ2n) is 4.00. The molecule has 0 aromatic carbocycles. The fourth-order valence-electron chi connectivity index (χ4n) is 1.60. The third-order valence-electron chi connectivity index (χ3n) is 2.38. The van der Waals surface area contributed by atoms with E-state index in [-0.39, 0.29) is 42.5 Å². The van der Waals surface area contributed by atoms with Crippen molar-refractivity contribution >= 4 is 12.0 Å². The van der Waals surface area contributed by atoms with E-state index < -0.39 is 0 Å². The van der Waals surface area contributed by atoms with Crippen LogP contribution in [0.15, 0.2) is 18.7 Å². The number of nitrogens with zero attached hydrogens (tertiary/aromatic N) is 3. The van der Waals surface area contributed by atoms with E-state index in [2.05, 4.69) is 0 Å². The summed E-state index contributed by atoms with van der Waals surface area (Å²) in [6.45, 7) is 4.55. The molecule has 0 aliphatic carbocycles. The monoisotopic (exact) mass is 381 g/mol. The third kappa shape index (κ3) is 5.58. The first kappa shape index (κ1) is 17.9. The van der Waals surface area contributed by atoms with Gasteiger partial charge in [-0.2, -0.15) is 4.57 Å². The Kier molecular flexibility index (Phi) is 8.37. The SMILES string of the molecule is CCCN(CC(=O)OCC)C(=O)n1cc[n+](C)c1.[I-]. The Hall–Kier alpha value is -1.12. The highest BCUT2D eigenvalue weighted by Gasteiger charge is 2.22. The summed E-state index contributed by atoms with van der Waals surface area (Å²) in [7, 11) is 1.83. The van der Waals surface area contributed by atoms with Gasteiger partial charge in [-0.15, -0.1) is 0 Å². The zero-order chi connectivity index (χ0) is 13.5. The first-order valence-corrected chi connectivity index (χ1v) is 6.06. The molecule has 0 saturated heterocycles.